The van der Waals surface area contributed by atoms with Crippen LogP contribution in [0.25, 0.3) is 0 Å². The smallest absolute Gasteiger partial charge is 0.353 e. The third-order valence-electron chi connectivity index (χ3n) is 4.36. The van der Waals surface area contributed by atoms with E-state index in [2.05, 4.69) is 5.32 Å². The van der Waals surface area contributed by atoms with Crippen LogP contribution in [0.15, 0.2) is 0 Å². The Morgan fingerprint density at radius 3 is 2.37 bits per heavy atom. The Kier molecular flexibility index (Phi) is 4.38. The standard InChI is InChI=1S/C13H21F3N2O/c14-13(15,16)10-3-1-2-4-11(10)18-12(19)8-5-6-9(17)7-8/h8-11H,1-7,17H2,(H,18,19). The van der Waals surface area contributed by atoms with E-state index in [4.69, 9.17) is 5.73 Å². The fraction of sp³-hybridized carbons (Fsp3) is 0.923. The highest BCUT2D eigenvalue weighted by Gasteiger charge is 2.46. The topological polar surface area (TPSA) is 55.1 Å². The summed E-state index contributed by atoms with van der Waals surface area (Å²) in [6, 6.07) is -0.737. The van der Waals surface area contributed by atoms with E-state index in [1.165, 1.54) is 0 Å². The molecule has 0 radical (unpaired) electrons. The Morgan fingerprint density at radius 1 is 1.11 bits per heavy atom. The van der Waals surface area contributed by atoms with Crippen LogP contribution in [0.5, 0.6) is 0 Å². The Morgan fingerprint density at radius 2 is 1.79 bits per heavy atom. The van der Waals surface area contributed by atoms with Crippen molar-refractivity contribution in [2.75, 3.05) is 0 Å². The molecule has 4 atom stereocenters. The average molecular weight is 278 g/mol. The minimum atomic E-state index is -4.22. The first-order chi connectivity index (χ1) is 8.88. The molecule has 0 spiro atoms. The van der Waals surface area contributed by atoms with E-state index in [9.17, 15) is 18.0 Å². The van der Waals surface area contributed by atoms with Gasteiger partial charge in [0.25, 0.3) is 0 Å². The van der Waals surface area contributed by atoms with Gasteiger partial charge in [-0.1, -0.05) is 12.8 Å². The van der Waals surface area contributed by atoms with Crippen molar-refractivity contribution >= 4 is 5.91 Å². The molecular formula is C13H21F3N2O. The number of rotatable bonds is 2. The van der Waals surface area contributed by atoms with Crippen molar-refractivity contribution in [1.82, 2.24) is 5.32 Å². The molecule has 3 nitrogen and oxygen atoms in total. The van der Waals surface area contributed by atoms with Crippen LogP contribution in [0.1, 0.15) is 44.9 Å². The van der Waals surface area contributed by atoms with Crippen molar-refractivity contribution in [2.45, 2.75) is 63.2 Å². The lowest BCUT2D eigenvalue weighted by molar-refractivity contribution is -0.189. The van der Waals surface area contributed by atoms with Gasteiger partial charge in [-0.15, -0.1) is 0 Å². The van der Waals surface area contributed by atoms with Crippen LogP contribution in [-0.4, -0.2) is 24.2 Å². The van der Waals surface area contributed by atoms with Gasteiger partial charge in [0, 0.05) is 18.0 Å². The number of nitrogens with one attached hydrogen (secondary N) is 1. The minimum absolute atomic E-state index is 0.0144. The molecule has 0 bridgehead atoms. The highest BCUT2D eigenvalue weighted by molar-refractivity contribution is 5.79. The molecule has 0 aromatic rings. The Hall–Kier alpha value is -0.780. The summed E-state index contributed by atoms with van der Waals surface area (Å²) in [5.41, 5.74) is 5.73. The Bertz CT molecular complexity index is 332. The number of nitrogens with two attached hydrogens (primary N) is 1. The highest BCUT2D eigenvalue weighted by atomic mass is 19.4. The Labute approximate surface area is 111 Å². The maximum atomic E-state index is 12.9. The van der Waals surface area contributed by atoms with Gasteiger partial charge in [-0.3, -0.25) is 4.79 Å². The van der Waals surface area contributed by atoms with Crippen LogP contribution in [0, 0.1) is 11.8 Å². The van der Waals surface area contributed by atoms with Crippen LogP contribution < -0.4 is 11.1 Å². The predicted octanol–water partition coefficient (Wildman–Crippen LogP) is 2.35. The second-order valence-corrected chi connectivity index (χ2v) is 5.82. The molecule has 2 aliphatic carbocycles. The van der Waals surface area contributed by atoms with Crippen molar-refractivity contribution in [3.8, 4) is 0 Å². The maximum Gasteiger partial charge on any atom is 0.393 e. The lowest BCUT2D eigenvalue weighted by Crippen LogP contribution is -2.49. The molecule has 2 aliphatic rings. The molecule has 2 fully saturated rings. The summed E-state index contributed by atoms with van der Waals surface area (Å²) in [5.74, 6) is -1.83. The van der Waals surface area contributed by atoms with Crippen LogP contribution >= 0.6 is 0 Å². The molecule has 0 saturated heterocycles. The van der Waals surface area contributed by atoms with E-state index in [-0.39, 0.29) is 24.3 Å². The zero-order chi connectivity index (χ0) is 14.0. The van der Waals surface area contributed by atoms with Crippen molar-refractivity contribution in [3.63, 3.8) is 0 Å². The van der Waals surface area contributed by atoms with Gasteiger partial charge in [-0.05, 0) is 32.1 Å². The Balaban J connectivity index is 1.94. The lowest BCUT2D eigenvalue weighted by atomic mass is 9.83. The number of alkyl halides is 3. The first kappa shape index (κ1) is 14.6. The summed E-state index contributed by atoms with van der Waals surface area (Å²) >= 11 is 0. The lowest BCUT2D eigenvalue weighted by Gasteiger charge is -2.34. The van der Waals surface area contributed by atoms with Gasteiger partial charge in [0.05, 0.1) is 5.92 Å². The van der Waals surface area contributed by atoms with Gasteiger partial charge >= 0.3 is 6.18 Å². The summed E-state index contributed by atoms with van der Waals surface area (Å²) < 4.78 is 38.7. The molecular weight excluding hydrogens is 257 g/mol. The summed E-state index contributed by atoms with van der Waals surface area (Å²) in [4.78, 5) is 12.0. The van der Waals surface area contributed by atoms with Crippen LogP contribution in [0.2, 0.25) is 0 Å². The first-order valence-corrected chi connectivity index (χ1v) is 7.00. The minimum Gasteiger partial charge on any atom is -0.353 e. The fourth-order valence-corrected chi connectivity index (χ4v) is 3.25. The van der Waals surface area contributed by atoms with Gasteiger partial charge in [-0.25, -0.2) is 0 Å². The van der Waals surface area contributed by atoms with Crippen molar-refractivity contribution in [3.05, 3.63) is 0 Å². The quantitative estimate of drug-likeness (QED) is 0.814. The van der Waals surface area contributed by atoms with Gasteiger partial charge < -0.3 is 11.1 Å². The number of hydrogen-bond acceptors (Lipinski definition) is 2. The molecule has 6 heteroatoms. The summed E-state index contributed by atoms with van der Waals surface area (Å²) in [6.45, 7) is 0. The van der Waals surface area contributed by atoms with E-state index in [1.54, 1.807) is 0 Å². The predicted molar refractivity (Wildman–Crippen MR) is 65.3 cm³/mol. The molecule has 1 amide bonds. The highest BCUT2D eigenvalue weighted by Crippen LogP contribution is 2.38. The maximum absolute atomic E-state index is 12.9. The summed E-state index contributed by atoms with van der Waals surface area (Å²) in [7, 11) is 0. The van der Waals surface area contributed by atoms with Crippen LogP contribution in [0.3, 0.4) is 0 Å². The van der Waals surface area contributed by atoms with Crippen LogP contribution in [-0.2, 0) is 4.79 Å². The summed E-state index contributed by atoms with van der Waals surface area (Å²) in [5, 5.41) is 2.62. The molecule has 2 saturated carbocycles. The number of halogens is 3. The fourth-order valence-electron chi connectivity index (χ4n) is 3.25. The van der Waals surface area contributed by atoms with Gasteiger partial charge in [0.15, 0.2) is 0 Å². The van der Waals surface area contributed by atoms with E-state index in [1.807, 2.05) is 0 Å². The molecule has 110 valence electrons. The van der Waals surface area contributed by atoms with Crippen molar-refractivity contribution < 1.29 is 18.0 Å². The third kappa shape index (κ3) is 3.61. The third-order valence-corrected chi connectivity index (χ3v) is 4.36. The molecule has 4 unspecified atom stereocenters. The van der Waals surface area contributed by atoms with E-state index < -0.39 is 18.1 Å². The van der Waals surface area contributed by atoms with E-state index >= 15 is 0 Å². The second kappa shape index (κ2) is 5.69. The van der Waals surface area contributed by atoms with E-state index in [0.717, 1.165) is 12.8 Å². The second-order valence-electron chi connectivity index (χ2n) is 5.82. The van der Waals surface area contributed by atoms with Gasteiger partial charge in [0.2, 0.25) is 5.91 Å². The summed E-state index contributed by atoms with van der Waals surface area (Å²) in [6.07, 6.45) is -0.262. The first-order valence-electron chi connectivity index (χ1n) is 7.00. The molecule has 0 heterocycles. The van der Waals surface area contributed by atoms with Crippen LogP contribution in [0.4, 0.5) is 13.2 Å². The molecule has 0 aromatic carbocycles. The number of carbonyl (C=O) groups is 1. The molecule has 0 aromatic heterocycles. The largest absolute Gasteiger partial charge is 0.393 e. The molecule has 2 rings (SSSR count). The normalized spacial score (nSPS) is 36.2. The zero-order valence-corrected chi connectivity index (χ0v) is 10.9. The van der Waals surface area contributed by atoms with Crippen molar-refractivity contribution in [2.24, 2.45) is 17.6 Å². The SMILES string of the molecule is NC1CCC(C(=O)NC2CCCCC2C(F)(F)F)C1. The van der Waals surface area contributed by atoms with Crippen molar-refractivity contribution in [1.29, 1.82) is 0 Å². The molecule has 3 N–H and O–H groups in total. The monoisotopic (exact) mass is 278 g/mol. The van der Waals surface area contributed by atoms with Gasteiger partial charge in [0.1, 0.15) is 0 Å². The molecule has 19 heavy (non-hydrogen) atoms. The number of amides is 1. The van der Waals surface area contributed by atoms with Gasteiger partial charge in [-0.2, -0.15) is 13.2 Å². The number of hydrogen-bond donors (Lipinski definition) is 2. The molecule has 0 aliphatic heterocycles. The average Bonchev–Trinajstić information content (AvgIpc) is 2.75. The zero-order valence-electron chi connectivity index (χ0n) is 10.9. The van der Waals surface area contributed by atoms with E-state index in [0.29, 0.717) is 25.7 Å². The number of carbonyl (C=O) groups excluding carboxylic acids is 1.